The van der Waals surface area contributed by atoms with Gasteiger partial charge in [-0.25, -0.2) is 0 Å². The standard InChI is InChI=1S/C13H18N4O/c1-2-4-12(3-1)17-8-6-11(16-17)9-14-10-13-5-7-15-18-13/h5-8,12,14H,1-4,9-10H2. The highest BCUT2D eigenvalue weighted by atomic mass is 16.5. The fourth-order valence-electron chi connectivity index (χ4n) is 2.49. The van der Waals surface area contributed by atoms with Gasteiger partial charge in [-0.1, -0.05) is 18.0 Å². The number of nitrogens with one attached hydrogen (secondary N) is 1. The zero-order chi connectivity index (χ0) is 12.2. The lowest BCUT2D eigenvalue weighted by atomic mass is 10.3. The molecule has 96 valence electrons. The Balaban J connectivity index is 1.50. The third-order valence-electron chi connectivity index (χ3n) is 3.46. The minimum Gasteiger partial charge on any atom is -0.360 e. The Labute approximate surface area is 106 Å². The van der Waals surface area contributed by atoms with Gasteiger partial charge in [0.1, 0.15) is 5.76 Å². The molecular formula is C13H18N4O. The maximum absolute atomic E-state index is 5.02. The molecule has 0 radical (unpaired) electrons. The summed E-state index contributed by atoms with van der Waals surface area (Å²) in [5.74, 6) is 0.852. The van der Waals surface area contributed by atoms with Gasteiger partial charge in [0.25, 0.3) is 0 Å². The van der Waals surface area contributed by atoms with Gasteiger partial charge in [0.15, 0.2) is 0 Å². The van der Waals surface area contributed by atoms with Crippen LogP contribution < -0.4 is 5.32 Å². The normalized spacial score (nSPS) is 16.4. The van der Waals surface area contributed by atoms with Crippen LogP contribution in [0.25, 0.3) is 0 Å². The van der Waals surface area contributed by atoms with Gasteiger partial charge in [0.05, 0.1) is 24.5 Å². The van der Waals surface area contributed by atoms with E-state index in [1.165, 1.54) is 25.7 Å². The molecule has 2 aromatic rings. The Hall–Kier alpha value is -1.62. The summed E-state index contributed by atoms with van der Waals surface area (Å²) in [7, 11) is 0. The van der Waals surface area contributed by atoms with Crippen LogP contribution in [0, 0.1) is 0 Å². The van der Waals surface area contributed by atoms with Crippen molar-refractivity contribution in [1.29, 1.82) is 0 Å². The lowest BCUT2D eigenvalue weighted by Crippen LogP contribution is -2.13. The molecule has 2 heterocycles. The van der Waals surface area contributed by atoms with Crippen LogP contribution in [-0.4, -0.2) is 14.9 Å². The zero-order valence-electron chi connectivity index (χ0n) is 10.4. The first-order valence-corrected chi connectivity index (χ1v) is 6.56. The number of rotatable bonds is 5. The van der Waals surface area contributed by atoms with Crippen molar-refractivity contribution in [1.82, 2.24) is 20.3 Å². The van der Waals surface area contributed by atoms with Crippen molar-refractivity contribution in [2.45, 2.75) is 44.8 Å². The van der Waals surface area contributed by atoms with Gasteiger partial charge in [0.2, 0.25) is 0 Å². The Morgan fingerprint density at radius 1 is 1.28 bits per heavy atom. The molecule has 1 fully saturated rings. The smallest absolute Gasteiger partial charge is 0.150 e. The van der Waals surface area contributed by atoms with Crippen molar-refractivity contribution < 1.29 is 4.52 Å². The first kappa shape index (κ1) is 11.5. The third-order valence-corrected chi connectivity index (χ3v) is 3.46. The van der Waals surface area contributed by atoms with Crippen LogP contribution in [0.5, 0.6) is 0 Å². The van der Waals surface area contributed by atoms with E-state index in [0.29, 0.717) is 12.6 Å². The number of hydrogen-bond acceptors (Lipinski definition) is 4. The molecule has 0 saturated heterocycles. The van der Waals surface area contributed by atoms with E-state index < -0.39 is 0 Å². The second kappa shape index (κ2) is 5.35. The molecule has 5 heteroatoms. The van der Waals surface area contributed by atoms with Crippen molar-refractivity contribution in [3.63, 3.8) is 0 Å². The number of nitrogens with zero attached hydrogens (tertiary/aromatic N) is 3. The monoisotopic (exact) mass is 246 g/mol. The second-order valence-corrected chi connectivity index (χ2v) is 4.81. The minimum atomic E-state index is 0.619. The zero-order valence-corrected chi connectivity index (χ0v) is 10.4. The van der Waals surface area contributed by atoms with Crippen LogP contribution in [0.4, 0.5) is 0 Å². The Kier molecular flexibility index (Phi) is 3.41. The Bertz CT molecular complexity index is 471. The number of hydrogen-bond donors (Lipinski definition) is 1. The average molecular weight is 246 g/mol. The molecule has 0 unspecified atom stereocenters. The van der Waals surface area contributed by atoms with Crippen LogP contribution in [0.15, 0.2) is 29.0 Å². The first-order valence-electron chi connectivity index (χ1n) is 6.56. The molecular weight excluding hydrogens is 228 g/mol. The summed E-state index contributed by atoms with van der Waals surface area (Å²) in [4.78, 5) is 0. The van der Waals surface area contributed by atoms with Crippen LogP contribution in [-0.2, 0) is 13.1 Å². The van der Waals surface area contributed by atoms with E-state index in [0.717, 1.165) is 18.0 Å². The largest absolute Gasteiger partial charge is 0.360 e. The lowest BCUT2D eigenvalue weighted by molar-refractivity contribution is 0.372. The van der Waals surface area contributed by atoms with Gasteiger partial charge in [-0.2, -0.15) is 5.10 Å². The molecule has 1 aliphatic rings. The summed E-state index contributed by atoms with van der Waals surface area (Å²) in [5.41, 5.74) is 1.08. The van der Waals surface area contributed by atoms with Crippen LogP contribution >= 0.6 is 0 Å². The lowest BCUT2D eigenvalue weighted by Gasteiger charge is -2.08. The summed E-state index contributed by atoms with van der Waals surface area (Å²) in [6.45, 7) is 1.46. The van der Waals surface area contributed by atoms with E-state index >= 15 is 0 Å². The first-order chi connectivity index (χ1) is 8.92. The topological polar surface area (TPSA) is 55.9 Å². The SMILES string of the molecule is c1cc(CNCc2ccn(C3CCCC3)n2)on1. The number of aromatic nitrogens is 3. The molecule has 0 amide bonds. The van der Waals surface area contributed by atoms with E-state index in [2.05, 4.69) is 32.5 Å². The maximum atomic E-state index is 5.02. The van der Waals surface area contributed by atoms with E-state index in [4.69, 9.17) is 4.52 Å². The Morgan fingerprint density at radius 2 is 2.17 bits per heavy atom. The highest BCUT2D eigenvalue weighted by Gasteiger charge is 2.17. The molecule has 0 atom stereocenters. The molecule has 2 aromatic heterocycles. The molecule has 0 spiro atoms. The minimum absolute atomic E-state index is 0.619. The van der Waals surface area contributed by atoms with E-state index in [9.17, 15) is 0 Å². The van der Waals surface area contributed by atoms with Crippen molar-refractivity contribution in [2.24, 2.45) is 0 Å². The summed E-state index contributed by atoms with van der Waals surface area (Å²) in [6, 6.07) is 4.57. The fourth-order valence-corrected chi connectivity index (χ4v) is 2.49. The fraction of sp³-hybridized carbons (Fsp3) is 0.538. The van der Waals surface area contributed by atoms with Crippen molar-refractivity contribution >= 4 is 0 Å². The molecule has 1 saturated carbocycles. The van der Waals surface area contributed by atoms with Crippen LogP contribution in [0.2, 0.25) is 0 Å². The third kappa shape index (κ3) is 2.61. The summed E-state index contributed by atoms with van der Waals surface area (Å²) >= 11 is 0. The van der Waals surface area contributed by atoms with Crippen molar-refractivity contribution in [3.05, 3.63) is 36.0 Å². The summed E-state index contributed by atoms with van der Waals surface area (Å²) in [5, 5.41) is 11.6. The van der Waals surface area contributed by atoms with Gasteiger partial charge in [0, 0.05) is 18.8 Å². The Morgan fingerprint density at radius 3 is 2.94 bits per heavy atom. The summed E-state index contributed by atoms with van der Waals surface area (Å²) in [6.07, 6.45) is 8.97. The molecule has 3 rings (SSSR count). The molecule has 5 nitrogen and oxygen atoms in total. The van der Waals surface area contributed by atoms with Gasteiger partial charge < -0.3 is 9.84 Å². The van der Waals surface area contributed by atoms with Crippen molar-refractivity contribution in [2.75, 3.05) is 0 Å². The van der Waals surface area contributed by atoms with Crippen molar-refractivity contribution in [3.8, 4) is 0 Å². The molecule has 1 N–H and O–H groups in total. The predicted octanol–water partition coefficient (Wildman–Crippen LogP) is 2.28. The quantitative estimate of drug-likeness (QED) is 0.879. The van der Waals surface area contributed by atoms with Crippen LogP contribution in [0.3, 0.4) is 0 Å². The van der Waals surface area contributed by atoms with E-state index in [-0.39, 0.29) is 0 Å². The predicted molar refractivity (Wildman–Crippen MR) is 66.8 cm³/mol. The average Bonchev–Trinajstić information content (AvgIpc) is 3.12. The molecule has 0 aromatic carbocycles. The van der Waals surface area contributed by atoms with E-state index in [1.54, 1.807) is 6.20 Å². The molecule has 0 aliphatic heterocycles. The molecule has 18 heavy (non-hydrogen) atoms. The maximum Gasteiger partial charge on any atom is 0.150 e. The summed E-state index contributed by atoms with van der Waals surface area (Å²) < 4.78 is 7.14. The highest BCUT2D eigenvalue weighted by Crippen LogP contribution is 2.28. The van der Waals surface area contributed by atoms with Gasteiger partial charge in [-0.15, -0.1) is 0 Å². The molecule has 1 aliphatic carbocycles. The molecule has 0 bridgehead atoms. The van der Waals surface area contributed by atoms with E-state index in [1.807, 2.05) is 6.07 Å². The van der Waals surface area contributed by atoms with Gasteiger partial charge >= 0.3 is 0 Å². The van der Waals surface area contributed by atoms with Gasteiger partial charge in [-0.05, 0) is 18.9 Å². The van der Waals surface area contributed by atoms with Crippen LogP contribution in [0.1, 0.15) is 43.2 Å². The highest BCUT2D eigenvalue weighted by molar-refractivity contribution is 5.00. The van der Waals surface area contributed by atoms with Gasteiger partial charge in [-0.3, -0.25) is 4.68 Å². The second-order valence-electron chi connectivity index (χ2n) is 4.81.